The monoisotopic (exact) mass is 415 g/mol. The number of halogens is 2. The molecule has 0 bridgehead atoms. The molecule has 2 N–H and O–H groups in total. The molecule has 0 amide bonds. The van der Waals surface area contributed by atoms with Crippen LogP contribution in [0.25, 0.3) is 11.1 Å². The quantitative estimate of drug-likeness (QED) is 0.285. The molecular weight excluding hydrogens is 381 g/mol. The van der Waals surface area contributed by atoms with Crippen LogP contribution >= 0.6 is 23.5 Å². The van der Waals surface area contributed by atoms with Crippen molar-refractivity contribution in [2.45, 2.75) is 39.5 Å². The highest BCUT2D eigenvalue weighted by Gasteiger charge is 2.04. The van der Waals surface area contributed by atoms with Crippen LogP contribution in [0.1, 0.15) is 45.2 Å². The number of hydrogen-bond donors (Lipinski definition) is 1. The van der Waals surface area contributed by atoms with Gasteiger partial charge in [0.15, 0.2) is 0 Å². The highest BCUT2D eigenvalue weighted by atomic mass is 35.5. The molecule has 1 aromatic rings. The van der Waals surface area contributed by atoms with Crippen molar-refractivity contribution in [3.63, 3.8) is 0 Å². The second-order valence-electron chi connectivity index (χ2n) is 5.24. The largest absolute Gasteiger partial charge is 0.380 e. The molecule has 5 heteroatoms. The standard InChI is InChI=1S/C19H26ClNO.C2H6.CH3ClO/c1-4-6-16(5-2)18-9-7-17(8-10-18)15(3)11-12-22-14-19(20)13-21;1-2;1-3-2/h4-10,19H,3,11-14,21H2,1-2H3;1-2H3;1H3/b6-4-,16-5+;;. The summed E-state index contributed by atoms with van der Waals surface area (Å²) in [5.74, 6) is 0. The first-order valence-corrected chi connectivity index (χ1v) is 9.92. The Balaban J connectivity index is 0. The number of benzene rings is 1. The molecule has 1 unspecified atom stereocenters. The van der Waals surface area contributed by atoms with E-state index in [1.165, 1.54) is 18.2 Å². The molecule has 27 heavy (non-hydrogen) atoms. The van der Waals surface area contributed by atoms with Gasteiger partial charge < -0.3 is 10.5 Å². The Morgan fingerprint density at radius 1 is 1.19 bits per heavy atom. The third-order valence-corrected chi connectivity index (χ3v) is 3.69. The summed E-state index contributed by atoms with van der Waals surface area (Å²) in [6.45, 7) is 13.7. The lowest BCUT2D eigenvalue weighted by molar-refractivity contribution is 0.141. The van der Waals surface area contributed by atoms with Gasteiger partial charge in [0.05, 0.1) is 37.6 Å². The van der Waals surface area contributed by atoms with Crippen molar-refractivity contribution < 1.29 is 9.03 Å². The predicted molar refractivity (Wildman–Crippen MR) is 122 cm³/mol. The van der Waals surface area contributed by atoms with Crippen molar-refractivity contribution in [1.29, 1.82) is 0 Å². The Morgan fingerprint density at radius 2 is 1.70 bits per heavy atom. The van der Waals surface area contributed by atoms with Crippen molar-refractivity contribution in [3.8, 4) is 0 Å². The van der Waals surface area contributed by atoms with Crippen LogP contribution < -0.4 is 5.73 Å². The number of alkyl halides is 1. The van der Waals surface area contributed by atoms with Crippen LogP contribution in [0.5, 0.6) is 0 Å². The molecule has 0 aliphatic carbocycles. The van der Waals surface area contributed by atoms with Crippen LogP contribution in [0.3, 0.4) is 0 Å². The molecule has 0 aliphatic rings. The van der Waals surface area contributed by atoms with Gasteiger partial charge >= 0.3 is 0 Å². The van der Waals surface area contributed by atoms with Crippen molar-refractivity contribution in [1.82, 2.24) is 0 Å². The first-order valence-electron chi connectivity index (χ1n) is 9.18. The van der Waals surface area contributed by atoms with E-state index < -0.39 is 0 Å². The van der Waals surface area contributed by atoms with Gasteiger partial charge in [-0.2, -0.15) is 0 Å². The Labute approximate surface area is 176 Å². The fraction of sp³-hybridized carbons (Fsp3) is 0.455. The zero-order chi connectivity index (χ0) is 21.1. The lowest BCUT2D eigenvalue weighted by Crippen LogP contribution is -2.20. The second-order valence-corrected chi connectivity index (χ2v) is 6.16. The fourth-order valence-corrected chi connectivity index (χ4v) is 2.15. The third-order valence-electron chi connectivity index (χ3n) is 3.39. The predicted octanol–water partition coefficient (Wildman–Crippen LogP) is 6.46. The summed E-state index contributed by atoms with van der Waals surface area (Å²) < 4.78 is 9.22. The lowest BCUT2D eigenvalue weighted by atomic mass is 9.99. The number of rotatable bonds is 9. The summed E-state index contributed by atoms with van der Waals surface area (Å²) in [6.07, 6.45) is 7.05. The number of hydrogen-bond acceptors (Lipinski definition) is 3. The van der Waals surface area contributed by atoms with Gasteiger partial charge in [-0.05, 0) is 42.5 Å². The minimum atomic E-state index is -0.113. The van der Waals surface area contributed by atoms with E-state index in [-0.39, 0.29) is 5.38 Å². The lowest BCUT2D eigenvalue weighted by Gasteiger charge is -2.10. The molecular formula is C22H35Cl2NO2. The molecule has 154 valence electrons. The summed E-state index contributed by atoms with van der Waals surface area (Å²) in [7, 11) is 1.39. The van der Waals surface area contributed by atoms with Crippen LogP contribution in [-0.2, 0) is 9.03 Å². The number of allylic oxidation sites excluding steroid dienone is 4. The van der Waals surface area contributed by atoms with E-state index in [4.69, 9.17) is 22.1 Å². The van der Waals surface area contributed by atoms with Gasteiger partial charge in [0.2, 0.25) is 0 Å². The SMILES string of the molecule is C=C(CCOCC(Cl)CN)c1ccc(C(/C=C\C)=C/C)cc1.CC.COCl. The summed E-state index contributed by atoms with van der Waals surface area (Å²) >= 11 is 10.4. The number of ether oxygens (including phenoxy) is 1. The van der Waals surface area contributed by atoms with Crippen molar-refractivity contribution in [3.05, 3.63) is 60.2 Å². The van der Waals surface area contributed by atoms with Crippen LogP contribution in [0.2, 0.25) is 0 Å². The molecule has 1 aromatic carbocycles. The Hall–Kier alpha value is -1.10. The maximum atomic E-state index is 5.90. The molecule has 0 aromatic heterocycles. The molecule has 3 nitrogen and oxygen atoms in total. The van der Waals surface area contributed by atoms with E-state index in [2.05, 4.69) is 59.2 Å². The summed E-state index contributed by atoms with van der Waals surface area (Å²) in [6, 6.07) is 8.46. The minimum absolute atomic E-state index is 0.113. The smallest absolute Gasteiger partial charge is 0.0691 e. The van der Waals surface area contributed by atoms with E-state index in [1.54, 1.807) is 0 Å². The highest BCUT2D eigenvalue weighted by molar-refractivity contribution is 6.20. The summed E-state index contributed by atoms with van der Waals surface area (Å²) in [5.41, 5.74) is 10.1. The van der Waals surface area contributed by atoms with Crippen molar-refractivity contribution in [2.24, 2.45) is 5.73 Å². The van der Waals surface area contributed by atoms with Gasteiger partial charge in [-0.1, -0.05) is 62.9 Å². The average Bonchev–Trinajstić information content (AvgIpc) is 2.71. The third kappa shape index (κ3) is 13.7. The Morgan fingerprint density at radius 3 is 2.15 bits per heavy atom. The average molecular weight is 416 g/mol. The van der Waals surface area contributed by atoms with Crippen molar-refractivity contribution >= 4 is 34.6 Å². The minimum Gasteiger partial charge on any atom is -0.380 e. The van der Waals surface area contributed by atoms with Gasteiger partial charge in [0, 0.05) is 6.54 Å². The molecule has 0 saturated carbocycles. The molecule has 0 fully saturated rings. The zero-order valence-corrected chi connectivity index (χ0v) is 18.8. The maximum Gasteiger partial charge on any atom is 0.0691 e. The van der Waals surface area contributed by atoms with E-state index in [0.717, 1.165) is 17.6 Å². The molecule has 0 saturated heterocycles. The summed E-state index contributed by atoms with van der Waals surface area (Å²) in [5, 5.41) is -0.113. The maximum absolute atomic E-state index is 5.90. The van der Waals surface area contributed by atoms with E-state index in [1.807, 2.05) is 33.8 Å². The molecule has 0 spiro atoms. The molecule has 1 atom stereocenters. The normalized spacial score (nSPS) is 11.9. The molecule has 0 radical (unpaired) electrons. The molecule has 0 aliphatic heterocycles. The summed E-state index contributed by atoms with van der Waals surface area (Å²) in [4.78, 5) is 0. The van der Waals surface area contributed by atoms with Crippen molar-refractivity contribution in [2.75, 3.05) is 26.9 Å². The molecule has 1 rings (SSSR count). The first kappa shape index (κ1) is 28.1. The second kappa shape index (κ2) is 19.7. The van der Waals surface area contributed by atoms with Gasteiger partial charge in [-0.25, -0.2) is 0 Å². The van der Waals surface area contributed by atoms with Gasteiger partial charge in [-0.15, -0.1) is 11.6 Å². The van der Waals surface area contributed by atoms with E-state index in [9.17, 15) is 0 Å². The number of nitrogens with two attached hydrogens (primary N) is 1. The topological polar surface area (TPSA) is 44.5 Å². The van der Waals surface area contributed by atoms with Crippen LogP contribution in [0, 0.1) is 0 Å². The first-order chi connectivity index (χ1) is 13.0. The highest BCUT2D eigenvalue weighted by Crippen LogP contribution is 2.21. The Kier molecular flexibility index (Phi) is 20.5. The zero-order valence-electron chi connectivity index (χ0n) is 17.3. The van der Waals surface area contributed by atoms with Crippen LogP contribution in [-0.4, -0.2) is 32.2 Å². The van der Waals surface area contributed by atoms with Gasteiger partial charge in [0.25, 0.3) is 0 Å². The molecule has 0 heterocycles. The van der Waals surface area contributed by atoms with E-state index >= 15 is 0 Å². The van der Waals surface area contributed by atoms with E-state index in [0.29, 0.717) is 19.8 Å². The fourth-order valence-electron chi connectivity index (χ4n) is 2.06. The van der Waals surface area contributed by atoms with Crippen LogP contribution in [0.4, 0.5) is 0 Å². The Bertz CT molecular complexity index is 540. The van der Waals surface area contributed by atoms with Gasteiger partial charge in [0.1, 0.15) is 0 Å². The van der Waals surface area contributed by atoms with Gasteiger partial charge in [-0.3, -0.25) is 4.29 Å². The van der Waals surface area contributed by atoms with Crippen LogP contribution in [0.15, 0.2) is 49.1 Å².